The molecular formula is C22H24ClF3N4O2. The number of alkyl halides is 3. The van der Waals surface area contributed by atoms with Crippen LogP contribution in [0, 0.1) is 6.92 Å². The van der Waals surface area contributed by atoms with Gasteiger partial charge in [-0.05, 0) is 43.5 Å². The van der Waals surface area contributed by atoms with Crippen molar-refractivity contribution in [1.82, 2.24) is 19.3 Å². The summed E-state index contributed by atoms with van der Waals surface area (Å²) in [5.41, 5.74) is 1.21. The average molecular weight is 469 g/mol. The van der Waals surface area contributed by atoms with E-state index in [1.54, 1.807) is 23.0 Å². The zero-order valence-electron chi connectivity index (χ0n) is 17.9. The van der Waals surface area contributed by atoms with Gasteiger partial charge in [0.1, 0.15) is 5.82 Å². The zero-order chi connectivity index (χ0) is 23.6. The second kappa shape index (κ2) is 9.46. The minimum atomic E-state index is -4.62. The molecule has 0 aliphatic rings. The summed E-state index contributed by atoms with van der Waals surface area (Å²) in [6.45, 7) is 5.00. The number of carbonyl (C=O) groups is 1. The third-order valence-corrected chi connectivity index (χ3v) is 5.44. The van der Waals surface area contributed by atoms with Crippen LogP contribution in [-0.2, 0) is 17.4 Å². The SMILES string of the molecule is Cc1nc(C(F)(F)F)cn1[C@@H](CCO)C(=O)Cc1cnn(-c2ccc(Cl)cc2)c1C(C)C. The van der Waals surface area contributed by atoms with Crippen LogP contribution in [-0.4, -0.2) is 36.8 Å². The van der Waals surface area contributed by atoms with Crippen LogP contribution in [0.5, 0.6) is 0 Å². The Hall–Kier alpha value is -2.65. The van der Waals surface area contributed by atoms with Crippen LogP contribution >= 0.6 is 11.6 Å². The number of aliphatic hydroxyl groups excluding tert-OH is 1. The van der Waals surface area contributed by atoms with E-state index in [4.69, 9.17) is 11.6 Å². The number of halogens is 4. The maximum Gasteiger partial charge on any atom is 0.434 e. The molecule has 0 amide bonds. The number of carbonyl (C=O) groups excluding carboxylic acids is 1. The molecule has 172 valence electrons. The number of ketones is 1. The van der Waals surface area contributed by atoms with Crippen molar-refractivity contribution in [3.05, 3.63) is 64.5 Å². The third kappa shape index (κ3) is 5.05. The van der Waals surface area contributed by atoms with E-state index in [9.17, 15) is 23.1 Å². The summed E-state index contributed by atoms with van der Waals surface area (Å²) in [6, 6.07) is 6.14. The van der Waals surface area contributed by atoms with Crippen molar-refractivity contribution in [2.24, 2.45) is 0 Å². The van der Waals surface area contributed by atoms with Crippen molar-refractivity contribution in [2.45, 2.75) is 51.7 Å². The Bertz CT molecular complexity index is 1090. The molecule has 32 heavy (non-hydrogen) atoms. The maximum atomic E-state index is 13.2. The number of hydrogen-bond acceptors (Lipinski definition) is 4. The first kappa shape index (κ1) is 24.0. The van der Waals surface area contributed by atoms with Crippen molar-refractivity contribution in [3.8, 4) is 5.69 Å². The number of aliphatic hydroxyl groups is 1. The lowest BCUT2D eigenvalue weighted by Crippen LogP contribution is -2.23. The molecule has 0 radical (unpaired) electrons. The van der Waals surface area contributed by atoms with Gasteiger partial charge in [-0.1, -0.05) is 25.4 Å². The molecule has 0 saturated heterocycles. The van der Waals surface area contributed by atoms with Gasteiger partial charge in [-0.15, -0.1) is 0 Å². The number of aromatic nitrogens is 4. The lowest BCUT2D eigenvalue weighted by atomic mass is 9.97. The Morgan fingerprint density at radius 2 is 1.88 bits per heavy atom. The normalized spacial score (nSPS) is 13.0. The molecule has 0 bridgehead atoms. The molecule has 2 aromatic heterocycles. The van der Waals surface area contributed by atoms with Crippen LogP contribution in [0.15, 0.2) is 36.7 Å². The Balaban J connectivity index is 1.94. The highest BCUT2D eigenvalue weighted by Crippen LogP contribution is 2.31. The molecule has 0 aliphatic carbocycles. The van der Waals surface area contributed by atoms with Crippen molar-refractivity contribution in [2.75, 3.05) is 6.61 Å². The van der Waals surface area contributed by atoms with E-state index in [1.165, 1.54) is 11.5 Å². The van der Waals surface area contributed by atoms with Gasteiger partial charge in [0, 0.05) is 29.8 Å². The first-order valence-electron chi connectivity index (χ1n) is 10.1. The van der Waals surface area contributed by atoms with Crippen molar-refractivity contribution >= 4 is 17.4 Å². The fraction of sp³-hybridized carbons (Fsp3) is 0.409. The highest BCUT2D eigenvalue weighted by Gasteiger charge is 2.36. The number of Topliss-reactive ketones (excluding diaryl/α,β-unsaturated/α-hetero) is 1. The fourth-order valence-corrected chi connectivity index (χ4v) is 3.88. The second-order valence-electron chi connectivity index (χ2n) is 7.85. The summed E-state index contributed by atoms with van der Waals surface area (Å²) in [7, 11) is 0. The van der Waals surface area contributed by atoms with Crippen LogP contribution in [0.25, 0.3) is 5.69 Å². The molecule has 3 aromatic rings. The minimum absolute atomic E-state index is 0.0182. The number of rotatable bonds is 8. The Labute approximate surface area is 188 Å². The number of aryl methyl sites for hydroxylation is 1. The maximum absolute atomic E-state index is 13.2. The predicted octanol–water partition coefficient (Wildman–Crippen LogP) is 4.91. The summed E-state index contributed by atoms with van der Waals surface area (Å²) >= 11 is 5.97. The number of nitrogens with zero attached hydrogens (tertiary/aromatic N) is 4. The van der Waals surface area contributed by atoms with E-state index in [0.29, 0.717) is 10.6 Å². The van der Waals surface area contributed by atoms with Crippen molar-refractivity contribution in [3.63, 3.8) is 0 Å². The summed E-state index contributed by atoms with van der Waals surface area (Å²) in [6.07, 6.45) is -2.25. The minimum Gasteiger partial charge on any atom is -0.396 e. The van der Waals surface area contributed by atoms with Gasteiger partial charge < -0.3 is 9.67 Å². The summed E-state index contributed by atoms with van der Waals surface area (Å²) in [4.78, 5) is 16.7. The number of benzene rings is 1. The summed E-state index contributed by atoms with van der Waals surface area (Å²) in [5, 5.41) is 14.5. The molecule has 10 heteroatoms. The molecule has 1 aromatic carbocycles. The Morgan fingerprint density at radius 1 is 1.22 bits per heavy atom. The third-order valence-electron chi connectivity index (χ3n) is 5.19. The van der Waals surface area contributed by atoms with E-state index in [2.05, 4.69) is 10.1 Å². The van der Waals surface area contributed by atoms with Gasteiger partial charge >= 0.3 is 6.18 Å². The zero-order valence-corrected chi connectivity index (χ0v) is 18.7. The molecule has 2 heterocycles. The molecule has 0 saturated carbocycles. The molecule has 0 spiro atoms. The first-order chi connectivity index (χ1) is 15.0. The molecule has 0 aliphatic heterocycles. The van der Waals surface area contributed by atoms with E-state index < -0.39 is 17.9 Å². The van der Waals surface area contributed by atoms with E-state index in [1.807, 2.05) is 26.0 Å². The molecule has 1 atom stereocenters. The standard InChI is InChI=1S/C22H24ClF3N4O2/c1-13(2)21-15(11-27-30(21)17-6-4-16(23)5-7-17)10-19(32)18(8-9-31)29-12-20(22(24,25)26)28-14(29)3/h4-7,11-13,18,31H,8-10H2,1-3H3/t18-/m0/s1. The highest BCUT2D eigenvalue weighted by molar-refractivity contribution is 6.30. The van der Waals surface area contributed by atoms with Gasteiger partial charge in [0.05, 0.1) is 23.6 Å². The highest BCUT2D eigenvalue weighted by atomic mass is 35.5. The van der Waals surface area contributed by atoms with Gasteiger partial charge in [-0.25, -0.2) is 9.67 Å². The van der Waals surface area contributed by atoms with Gasteiger partial charge in [-0.2, -0.15) is 18.3 Å². The second-order valence-corrected chi connectivity index (χ2v) is 8.28. The Kier molecular flexibility index (Phi) is 7.09. The first-order valence-corrected chi connectivity index (χ1v) is 10.5. The molecule has 6 nitrogen and oxygen atoms in total. The van der Waals surface area contributed by atoms with Crippen LogP contribution in [0.1, 0.15) is 55.0 Å². The van der Waals surface area contributed by atoms with Gasteiger partial charge in [-0.3, -0.25) is 4.79 Å². The van der Waals surface area contributed by atoms with E-state index in [-0.39, 0.29) is 37.0 Å². The smallest absolute Gasteiger partial charge is 0.396 e. The molecule has 0 fully saturated rings. The topological polar surface area (TPSA) is 72.9 Å². The quantitative estimate of drug-likeness (QED) is 0.510. The largest absolute Gasteiger partial charge is 0.434 e. The van der Waals surface area contributed by atoms with Crippen LogP contribution < -0.4 is 0 Å². The monoisotopic (exact) mass is 468 g/mol. The summed E-state index contributed by atoms with van der Waals surface area (Å²) in [5.74, 6) is -0.241. The van der Waals surface area contributed by atoms with Gasteiger partial charge in [0.15, 0.2) is 11.5 Å². The molecule has 1 N–H and O–H groups in total. The lowest BCUT2D eigenvalue weighted by Gasteiger charge is -2.19. The van der Waals surface area contributed by atoms with Gasteiger partial charge in [0.2, 0.25) is 0 Å². The molecule has 3 rings (SSSR count). The number of hydrogen-bond donors (Lipinski definition) is 1. The summed E-state index contributed by atoms with van der Waals surface area (Å²) < 4.78 is 42.2. The van der Waals surface area contributed by atoms with Crippen LogP contribution in [0.3, 0.4) is 0 Å². The molecular weight excluding hydrogens is 445 g/mol. The number of imidazole rings is 1. The average Bonchev–Trinajstić information content (AvgIpc) is 3.30. The fourth-order valence-electron chi connectivity index (χ4n) is 3.75. The van der Waals surface area contributed by atoms with Crippen LogP contribution in [0.4, 0.5) is 13.2 Å². The van der Waals surface area contributed by atoms with E-state index >= 15 is 0 Å². The van der Waals surface area contributed by atoms with Crippen LogP contribution in [0.2, 0.25) is 5.02 Å². The Morgan fingerprint density at radius 3 is 2.41 bits per heavy atom. The van der Waals surface area contributed by atoms with Crippen molar-refractivity contribution < 1.29 is 23.1 Å². The lowest BCUT2D eigenvalue weighted by molar-refractivity contribution is -0.141. The molecule has 0 unspecified atom stereocenters. The van der Waals surface area contributed by atoms with E-state index in [0.717, 1.165) is 17.6 Å². The van der Waals surface area contributed by atoms with Gasteiger partial charge in [0.25, 0.3) is 0 Å². The van der Waals surface area contributed by atoms with Crippen molar-refractivity contribution in [1.29, 1.82) is 0 Å². The predicted molar refractivity (Wildman–Crippen MR) is 114 cm³/mol.